The molecule has 1 amide bonds. The summed E-state index contributed by atoms with van der Waals surface area (Å²) in [7, 11) is 1.80. The van der Waals surface area contributed by atoms with Gasteiger partial charge in [-0.05, 0) is 37.3 Å². The second-order valence-corrected chi connectivity index (χ2v) is 5.37. The molecule has 0 spiro atoms. The molecule has 0 aliphatic carbocycles. The number of hydrogen-bond donors (Lipinski definition) is 2. The van der Waals surface area contributed by atoms with E-state index < -0.39 is 5.97 Å². The highest BCUT2D eigenvalue weighted by molar-refractivity contribution is 6.03. The van der Waals surface area contributed by atoms with Crippen molar-refractivity contribution in [3.8, 4) is 5.69 Å². The molecule has 1 aromatic carbocycles. The third kappa shape index (κ3) is 2.79. The highest BCUT2D eigenvalue weighted by Gasteiger charge is 2.14. The molecule has 0 radical (unpaired) electrons. The Labute approximate surface area is 138 Å². The minimum atomic E-state index is -1.02. The van der Waals surface area contributed by atoms with E-state index in [9.17, 15) is 9.59 Å². The molecule has 0 saturated heterocycles. The minimum Gasteiger partial charge on any atom is -0.478 e. The third-order valence-corrected chi connectivity index (χ3v) is 3.77. The molecular weight excluding hydrogens is 308 g/mol. The van der Waals surface area contributed by atoms with Gasteiger partial charge in [0.05, 0.1) is 17.6 Å². The summed E-state index contributed by atoms with van der Waals surface area (Å²) >= 11 is 0. The zero-order chi connectivity index (χ0) is 17.3. The lowest BCUT2D eigenvalue weighted by molar-refractivity contribution is 0.0696. The van der Waals surface area contributed by atoms with E-state index in [1.807, 2.05) is 0 Å². The largest absolute Gasteiger partial charge is 0.478 e. The Bertz CT molecular complexity index is 924. The molecule has 2 heterocycles. The van der Waals surface area contributed by atoms with Crippen molar-refractivity contribution in [2.24, 2.45) is 7.05 Å². The molecule has 0 bridgehead atoms. The lowest BCUT2D eigenvalue weighted by atomic mass is 10.2. The molecule has 7 heteroatoms. The molecule has 0 aliphatic rings. The van der Waals surface area contributed by atoms with Gasteiger partial charge in [-0.15, -0.1) is 0 Å². The number of nitrogens with zero attached hydrogens (tertiary/aromatic N) is 3. The summed E-state index contributed by atoms with van der Waals surface area (Å²) in [5.41, 5.74) is 2.49. The maximum absolute atomic E-state index is 12.3. The highest BCUT2D eigenvalue weighted by Crippen LogP contribution is 2.18. The van der Waals surface area contributed by atoms with Gasteiger partial charge in [-0.25, -0.2) is 9.48 Å². The van der Waals surface area contributed by atoms with Gasteiger partial charge < -0.3 is 15.0 Å². The zero-order valence-corrected chi connectivity index (χ0v) is 13.2. The van der Waals surface area contributed by atoms with Gasteiger partial charge >= 0.3 is 5.97 Å². The fourth-order valence-corrected chi connectivity index (χ4v) is 2.49. The summed E-state index contributed by atoms with van der Waals surface area (Å²) in [6.07, 6.45) is 3.11. The van der Waals surface area contributed by atoms with Gasteiger partial charge in [-0.1, -0.05) is 6.07 Å². The van der Waals surface area contributed by atoms with Crippen molar-refractivity contribution in [3.63, 3.8) is 0 Å². The van der Waals surface area contributed by atoms with Crippen molar-refractivity contribution >= 4 is 17.6 Å². The average molecular weight is 324 g/mol. The molecule has 2 aromatic heterocycles. The fraction of sp³-hybridized carbons (Fsp3) is 0.118. The summed E-state index contributed by atoms with van der Waals surface area (Å²) in [4.78, 5) is 23.4. The minimum absolute atomic E-state index is 0.147. The predicted molar refractivity (Wildman–Crippen MR) is 88.6 cm³/mol. The molecule has 7 nitrogen and oxygen atoms in total. The standard InChI is InChI=1S/C17H16N4O3/c1-11-14(17(23)24)10-18-21(11)13-6-3-5-12(9-13)19-16(22)15-7-4-8-20(15)2/h3-10H,1-2H3,(H,19,22)(H,23,24). The van der Waals surface area contributed by atoms with Gasteiger partial charge in [-0.2, -0.15) is 5.10 Å². The predicted octanol–water partition coefficient (Wildman–Crippen LogP) is 2.47. The van der Waals surface area contributed by atoms with Crippen LogP contribution in [0.3, 0.4) is 0 Å². The molecule has 0 fully saturated rings. The topological polar surface area (TPSA) is 89.2 Å². The SMILES string of the molecule is Cc1c(C(=O)O)cnn1-c1cccc(NC(=O)c2cccn2C)c1. The van der Waals surface area contributed by atoms with E-state index in [1.165, 1.54) is 10.9 Å². The Kier molecular flexibility index (Phi) is 3.91. The molecule has 0 atom stereocenters. The van der Waals surface area contributed by atoms with E-state index in [-0.39, 0.29) is 11.5 Å². The average Bonchev–Trinajstić information content (AvgIpc) is 3.13. The molecule has 0 unspecified atom stereocenters. The number of carbonyl (C=O) groups is 2. The summed E-state index contributed by atoms with van der Waals surface area (Å²) in [5.74, 6) is -1.24. The van der Waals surface area contributed by atoms with Crippen molar-refractivity contribution in [3.05, 3.63) is 65.7 Å². The lowest BCUT2D eigenvalue weighted by Gasteiger charge is -2.09. The Morgan fingerprint density at radius 2 is 2.00 bits per heavy atom. The number of hydrogen-bond acceptors (Lipinski definition) is 3. The number of aromatic nitrogens is 3. The van der Waals surface area contributed by atoms with Gasteiger partial charge in [-0.3, -0.25) is 4.79 Å². The fourth-order valence-electron chi connectivity index (χ4n) is 2.49. The molecule has 122 valence electrons. The molecule has 24 heavy (non-hydrogen) atoms. The second kappa shape index (κ2) is 6.04. The van der Waals surface area contributed by atoms with Crippen LogP contribution in [0.4, 0.5) is 5.69 Å². The number of carbonyl (C=O) groups excluding carboxylic acids is 1. The first-order chi connectivity index (χ1) is 11.5. The monoisotopic (exact) mass is 324 g/mol. The Hall–Kier alpha value is -3.35. The van der Waals surface area contributed by atoms with E-state index >= 15 is 0 Å². The Balaban J connectivity index is 1.89. The van der Waals surface area contributed by atoms with E-state index in [2.05, 4.69) is 10.4 Å². The van der Waals surface area contributed by atoms with Gasteiger partial charge in [0, 0.05) is 18.9 Å². The van der Waals surface area contributed by atoms with Crippen LogP contribution in [0.5, 0.6) is 0 Å². The maximum Gasteiger partial charge on any atom is 0.339 e. The molecule has 3 rings (SSSR count). The first-order valence-electron chi connectivity index (χ1n) is 7.28. The number of rotatable bonds is 4. The molecule has 2 N–H and O–H groups in total. The molecule has 0 aliphatic heterocycles. The van der Waals surface area contributed by atoms with Gasteiger partial charge in [0.1, 0.15) is 11.3 Å². The van der Waals surface area contributed by atoms with Crippen LogP contribution >= 0.6 is 0 Å². The van der Waals surface area contributed by atoms with Crippen LogP contribution in [-0.2, 0) is 7.05 Å². The number of benzene rings is 1. The van der Waals surface area contributed by atoms with Gasteiger partial charge in [0.2, 0.25) is 0 Å². The normalized spacial score (nSPS) is 10.6. The number of nitrogens with one attached hydrogen (secondary N) is 1. The van der Waals surface area contributed by atoms with Crippen molar-refractivity contribution in [1.29, 1.82) is 0 Å². The maximum atomic E-state index is 12.3. The quantitative estimate of drug-likeness (QED) is 0.771. The second-order valence-electron chi connectivity index (χ2n) is 5.37. The Morgan fingerprint density at radius 3 is 2.62 bits per heavy atom. The molecule has 3 aromatic rings. The van der Waals surface area contributed by atoms with Crippen molar-refractivity contribution < 1.29 is 14.7 Å². The number of amides is 1. The van der Waals surface area contributed by atoms with Crippen LogP contribution < -0.4 is 5.32 Å². The van der Waals surface area contributed by atoms with Gasteiger partial charge in [0.15, 0.2) is 0 Å². The highest BCUT2D eigenvalue weighted by atomic mass is 16.4. The summed E-state index contributed by atoms with van der Waals surface area (Å²) in [6, 6.07) is 10.6. The zero-order valence-electron chi connectivity index (χ0n) is 13.2. The number of aryl methyl sites for hydroxylation is 1. The van der Waals surface area contributed by atoms with Crippen LogP contribution in [-0.4, -0.2) is 31.3 Å². The summed E-state index contributed by atoms with van der Waals surface area (Å²) in [6.45, 7) is 1.69. The van der Waals surface area contributed by atoms with Crippen LogP contribution in [0, 0.1) is 6.92 Å². The van der Waals surface area contributed by atoms with Crippen LogP contribution in [0.1, 0.15) is 26.5 Å². The van der Waals surface area contributed by atoms with Crippen molar-refractivity contribution in [2.75, 3.05) is 5.32 Å². The number of carboxylic acid groups (broad SMARTS) is 1. The first-order valence-corrected chi connectivity index (χ1v) is 7.28. The van der Waals surface area contributed by atoms with Gasteiger partial charge in [0.25, 0.3) is 5.91 Å². The smallest absolute Gasteiger partial charge is 0.339 e. The number of aromatic carboxylic acids is 1. The molecular formula is C17H16N4O3. The van der Waals surface area contributed by atoms with Crippen LogP contribution in [0.15, 0.2) is 48.8 Å². The lowest BCUT2D eigenvalue weighted by Crippen LogP contribution is -2.15. The van der Waals surface area contributed by atoms with Crippen LogP contribution in [0.2, 0.25) is 0 Å². The van der Waals surface area contributed by atoms with Crippen molar-refractivity contribution in [1.82, 2.24) is 14.3 Å². The van der Waals surface area contributed by atoms with Crippen molar-refractivity contribution in [2.45, 2.75) is 6.92 Å². The third-order valence-electron chi connectivity index (χ3n) is 3.77. The first kappa shape index (κ1) is 15.5. The van der Waals surface area contributed by atoms with Crippen LogP contribution in [0.25, 0.3) is 5.69 Å². The van der Waals surface area contributed by atoms with E-state index in [1.54, 1.807) is 61.1 Å². The Morgan fingerprint density at radius 1 is 1.21 bits per heavy atom. The summed E-state index contributed by atoms with van der Waals surface area (Å²) < 4.78 is 3.26. The van der Waals surface area contributed by atoms with E-state index in [0.717, 1.165) is 0 Å². The van der Waals surface area contributed by atoms with E-state index in [4.69, 9.17) is 5.11 Å². The molecule has 0 saturated carbocycles. The van der Waals surface area contributed by atoms with E-state index in [0.29, 0.717) is 22.8 Å². The summed E-state index contributed by atoms with van der Waals surface area (Å²) in [5, 5.41) is 16.1. The number of carboxylic acids is 1. The number of anilines is 1.